The van der Waals surface area contributed by atoms with Crippen molar-refractivity contribution in [1.29, 1.82) is 0 Å². The highest BCUT2D eigenvalue weighted by molar-refractivity contribution is 7.13. The lowest BCUT2D eigenvalue weighted by Gasteiger charge is -2.29. The van der Waals surface area contributed by atoms with E-state index in [0.717, 1.165) is 21.7 Å². The van der Waals surface area contributed by atoms with E-state index in [-0.39, 0.29) is 36.6 Å². The number of benzene rings is 1. The molecule has 0 aliphatic carbocycles. The number of nitrogens with one attached hydrogen (secondary N) is 1. The van der Waals surface area contributed by atoms with Gasteiger partial charge in [0.05, 0.1) is 41.9 Å². The molecule has 0 unspecified atom stereocenters. The zero-order valence-corrected chi connectivity index (χ0v) is 25.8. The predicted molar refractivity (Wildman–Crippen MR) is 158 cm³/mol. The first-order valence-corrected chi connectivity index (χ1v) is 15.1. The number of methoxy groups -OCH3 is 1. The Kier molecular flexibility index (Phi) is 10.6. The average Bonchev–Trinajstić information content (AvgIpc) is 3.70. The normalized spacial score (nSPS) is 18.2. The fraction of sp³-hybridized carbons (Fsp3) is 0.533. The molecule has 0 saturated carbocycles. The zero-order chi connectivity index (χ0) is 30.4. The van der Waals surface area contributed by atoms with E-state index in [4.69, 9.17) is 18.7 Å². The van der Waals surface area contributed by atoms with Gasteiger partial charge in [0.2, 0.25) is 11.8 Å². The number of carbonyl (C=O) groups excluding carboxylic acids is 2. The van der Waals surface area contributed by atoms with Crippen LogP contribution >= 0.6 is 11.3 Å². The van der Waals surface area contributed by atoms with Crippen LogP contribution in [0.2, 0.25) is 0 Å². The van der Waals surface area contributed by atoms with Gasteiger partial charge in [-0.1, -0.05) is 26.0 Å². The number of hydrogen-bond acceptors (Lipinski definition) is 10. The minimum atomic E-state index is -0.842. The number of aliphatic hydroxyl groups excluding tert-OH is 1. The van der Waals surface area contributed by atoms with E-state index >= 15 is 0 Å². The fourth-order valence-corrected chi connectivity index (χ4v) is 6.04. The Labute approximate surface area is 250 Å². The minimum Gasteiger partial charge on any atom is -0.496 e. The van der Waals surface area contributed by atoms with Crippen molar-refractivity contribution in [3.8, 4) is 22.1 Å². The van der Waals surface area contributed by atoms with Gasteiger partial charge in [-0.05, 0) is 43.5 Å². The van der Waals surface area contributed by atoms with Crippen molar-refractivity contribution >= 4 is 23.2 Å². The SMILES string of the molecule is CCOCCOc1cc([C@H](C(=O)N2C[C@H](O)C[C@H]2C(=O)N[C@@H](C)c2ccc(-c3scnc3C)cc2OC)C(C)C)on1. The van der Waals surface area contributed by atoms with Gasteiger partial charge in [-0.2, -0.15) is 0 Å². The third-order valence-electron chi connectivity index (χ3n) is 7.36. The quantitative estimate of drug-likeness (QED) is 0.278. The number of aryl methyl sites for hydroxylation is 1. The molecule has 1 fully saturated rings. The van der Waals surface area contributed by atoms with Crippen LogP contribution in [0.1, 0.15) is 63.1 Å². The molecule has 1 saturated heterocycles. The van der Waals surface area contributed by atoms with Crippen molar-refractivity contribution in [2.24, 2.45) is 5.92 Å². The summed E-state index contributed by atoms with van der Waals surface area (Å²) in [5.41, 5.74) is 4.53. The van der Waals surface area contributed by atoms with Crippen LogP contribution in [0.3, 0.4) is 0 Å². The topological polar surface area (TPSA) is 136 Å². The third kappa shape index (κ3) is 7.11. The van der Waals surface area contributed by atoms with Crippen LogP contribution in [-0.4, -0.2) is 77.6 Å². The maximum Gasteiger partial charge on any atom is 0.254 e. The van der Waals surface area contributed by atoms with Gasteiger partial charge < -0.3 is 34.1 Å². The van der Waals surface area contributed by atoms with Crippen molar-refractivity contribution in [3.63, 3.8) is 0 Å². The maximum atomic E-state index is 13.9. The first-order chi connectivity index (χ1) is 20.1. The monoisotopic (exact) mass is 600 g/mol. The molecule has 12 heteroatoms. The Balaban J connectivity index is 1.48. The molecule has 0 radical (unpaired) electrons. The molecule has 2 N–H and O–H groups in total. The summed E-state index contributed by atoms with van der Waals surface area (Å²) in [6.07, 6.45) is -0.686. The van der Waals surface area contributed by atoms with Crippen LogP contribution in [0.5, 0.6) is 11.6 Å². The van der Waals surface area contributed by atoms with Gasteiger partial charge in [-0.15, -0.1) is 11.3 Å². The molecular weight excluding hydrogens is 560 g/mol. The van der Waals surface area contributed by atoms with Gasteiger partial charge in [0, 0.05) is 31.2 Å². The zero-order valence-electron chi connectivity index (χ0n) is 25.0. The second-order valence-electron chi connectivity index (χ2n) is 10.7. The van der Waals surface area contributed by atoms with Crippen molar-refractivity contribution < 1.29 is 33.4 Å². The molecule has 3 heterocycles. The van der Waals surface area contributed by atoms with Gasteiger partial charge in [0.15, 0.2) is 5.76 Å². The number of carbonyl (C=O) groups is 2. The smallest absolute Gasteiger partial charge is 0.254 e. The Hall–Kier alpha value is -3.48. The van der Waals surface area contributed by atoms with E-state index in [2.05, 4.69) is 15.5 Å². The molecule has 11 nitrogen and oxygen atoms in total. The van der Waals surface area contributed by atoms with Crippen LogP contribution in [0, 0.1) is 12.8 Å². The molecule has 1 aliphatic heterocycles. The fourth-order valence-electron chi connectivity index (χ4n) is 5.23. The standard InChI is InChI=1S/C30H40N4O7S/c1-7-39-10-11-40-26-14-25(41-33-26)27(17(2)3)30(37)34-15-21(35)13-23(34)29(36)32-18(4)22-9-8-20(12-24(22)38-6)28-19(5)31-16-42-28/h8-9,12,14,16-18,21,23,27,35H,7,10-11,13,15H2,1-6H3,(H,32,36)/t18-,21+,23-,27+/m0/s1. The highest BCUT2D eigenvalue weighted by Crippen LogP contribution is 2.35. The van der Waals surface area contributed by atoms with Crippen molar-refractivity contribution in [3.05, 3.63) is 46.8 Å². The largest absolute Gasteiger partial charge is 0.496 e. The number of aliphatic hydroxyl groups is 1. The summed E-state index contributed by atoms with van der Waals surface area (Å²) < 4.78 is 22.0. The summed E-state index contributed by atoms with van der Waals surface area (Å²) in [5, 5.41) is 17.5. The second kappa shape index (κ2) is 14.1. The van der Waals surface area contributed by atoms with Gasteiger partial charge in [0.1, 0.15) is 24.3 Å². The summed E-state index contributed by atoms with van der Waals surface area (Å²) in [6, 6.07) is 6.19. The Morgan fingerprint density at radius 2 is 2.02 bits per heavy atom. The van der Waals surface area contributed by atoms with Crippen molar-refractivity contribution in [2.45, 2.75) is 65.1 Å². The average molecular weight is 601 g/mol. The minimum absolute atomic E-state index is 0.0482. The van der Waals surface area contributed by atoms with Crippen LogP contribution in [0.25, 0.3) is 10.4 Å². The molecule has 0 spiro atoms. The molecule has 0 bridgehead atoms. The highest BCUT2D eigenvalue weighted by atomic mass is 32.1. The molecule has 2 aromatic heterocycles. The van der Waals surface area contributed by atoms with Gasteiger partial charge in [0.25, 0.3) is 5.88 Å². The van der Waals surface area contributed by atoms with Gasteiger partial charge in [-0.25, -0.2) is 4.98 Å². The molecule has 2 amide bonds. The van der Waals surface area contributed by atoms with Crippen molar-refractivity contribution in [1.82, 2.24) is 20.4 Å². The highest BCUT2D eigenvalue weighted by Gasteiger charge is 2.43. The van der Waals surface area contributed by atoms with E-state index < -0.39 is 24.1 Å². The molecule has 4 atom stereocenters. The first kappa shape index (κ1) is 31.5. The first-order valence-electron chi connectivity index (χ1n) is 14.2. The van der Waals surface area contributed by atoms with Crippen LogP contribution in [0.15, 0.2) is 34.3 Å². The van der Waals surface area contributed by atoms with Gasteiger partial charge >= 0.3 is 0 Å². The summed E-state index contributed by atoms with van der Waals surface area (Å²) in [6.45, 7) is 10.9. The molecule has 3 aromatic rings. The van der Waals surface area contributed by atoms with Gasteiger partial charge in [-0.3, -0.25) is 9.59 Å². The number of aromatic nitrogens is 2. The number of thiazole rings is 1. The number of ether oxygens (including phenoxy) is 3. The van der Waals surface area contributed by atoms with E-state index in [9.17, 15) is 14.7 Å². The lowest BCUT2D eigenvalue weighted by molar-refractivity contribution is -0.141. The van der Waals surface area contributed by atoms with E-state index in [1.807, 2.05) is 52.8 Å². The van der Waals surface area contributed by atoms with Crippen LogP contribution < -0.4 is 14.8 Å². The molecule has 4 rings (SSSR count). The van der Waals surface area contributed by atoms with E-state index in [1.165, 1.54) is 4.90 Å². The van der Waals surface area contributed by atoms with Crippen molar-refractivity contribution in [2.75, 3.05) is 33.5 Å². The lowest BCUT2D eigenvalue weighted by atomic mass is 9.91. The maximum absolute atomic E-state index is 13.9. The number of amides is 2. The van der Waals surface area contributed by atoms with E-state index in [1.54, 1.807) is 30.0 Å². The number of likely N-dealkylation sites (tertiary alicyclic amines) is 1. The summed E-state index contributed by atoms with van der Waals surface area (Å²) in [4.78, 5) is 34.2. The molecular formula is C30H40N4O7S. The van der Waals surface area contributed by atoms with Crippen LogP contribution in [0.4, 0.5) is 0 Å². The molecule has 1 aliphatic rings. The molecule has 228 valence electrons. The summed E-state index contributed by atoms with van der Waals surface area (Å²) in [5.74, 6) is -0.286. The second-order valence-corrected chi connectivity index (χ2v) is 11.5. The third-order valence-corrected chi connectivity index (χ3v) is 8.34. The molecule has 42 heavy (non-hydrogen) atoms. The molecule has 1 aromatic carbocycles. The number of β-amino-alcohol motifs (C(OH)–C–C–N with tert-alkyl or cyclic N) is 1. The lowest BCUT2D eigenvalue weighted by Crippen LogP contribution is -2.48. The predicted octanol–water partition coefficient (Wildman–Crippen LogP) is 4.11. The Bertz CT molecular complexity index is 1360. The Morgan fingerprint density at radius 3 is 2.69 bits per heavy atom. The number of rotatable bonds is 13. The Morgan fingerprint density at radius 1 is 1.24 bits per heavy atom. The van der Waals surface area contributed by atoms with Crippen LogP contribution in [-0.2, 0) is 14.3 Å². The summed E-state index contributed by atoms with van der Waals surface area (Å²) >= 11 is 1.56. The number of hydrogen-bond donors (Lipinski definition) is 2. The summed E-state index contributed by atoms with van der Waals surface area (Å²) in [7, 11) is 1.59. The number of nitrogens with zero attached hydrogens (tertiary/aromatic N) is 3. The van der Waals surface area contributed by atoms with E-state index in [0.29, 0.717) is 31.3 Å².